The molecule has 1 unspecified atom stereocenters. The van der Waals surface area contributed by atoms with E-state index in [0.717, 1.165) is 5.70 Å². The summed E-state index contributed by atoms with van der Waals surface area (Å²) < 4.78 is 1.60. The SMILES string of the molecule is CN1C(=O)N2CC(n3cc(C(N)=O)cn3)=CC1C2. The summed E-state index contributed by atoms with van der Waals surface area (Å²) in [5, 5.41) is 4.10. The van der Waals surface area contributed by atoms with Gasteiger partial charge >= 0.3 is 6.03 Å². The van der Waals surface area contributed by atoms with Crippen LogP contribution >= 0.6 is 0 Å². The first-order valence-electron chi connectivity index (χ1n) is 5.63. The number of likely N-dealkylation sites (N-methyl/N-ethyl adjacent to an activating group) is 1. The number of nitrogens with two attached hydrogens (primary N) is 1. The van der Waals surface area contributed by atoms with Crippen molar-refractivity contribution in [3.05, 3.63) is 24.0 Å². The van der Waals surface area contributed by atoms with Crippen LogP contribution in [0.5, 0.6) is 0 Å². The largest absolute Gasteiger partial charge is 0.366 e. The summed E-state index contributed by atoms with van der Waals surface area (Å²) in [6, 6.07) is 0.0935. The van der Waals surface area contributed by atoms with Gasteiger partial charge in [0.05, 0.1) is 30.0 Å². The van der Waals surface area contributed by atoms with Gasteiger partial charge in [-0.25, -0.2) is 9.48 Å². The number of nitrogens with zero attached hydrogens (tertiary/aromatic N) is 4. The third kappa shape index (κ3) is 1.47. The summed E-state index contributed by atoms with van der Waals surface area (Å²) in [6.07, 6.45) is 5.02. The van der Waals surface area contributed by atoms with E-state index >= 15 is 0 Å². The third-order valence-corrected chi connectivity index (χ3v) is 3.38. The second-order valence-electron chi connectivity index (χ2n) is 4.54. The molecule has 2 aliphatic rings. The number of amides is 3. The summed E-state index contributed by atoms with van der Waals surface area (Å²) in [7, 11) is 1.78. The minimum Gasteiger partial charge on any atom is -0.366 e. The van der Waals surface area contributed by atoms with E-state index in [9.17, 15) is 9.59 Å². The van der Waals surface area contributed by atoms with Crippen LogP contribution < -0.4 is 5.73 Å². The van der Waals surface area contributed by atoms with E-state index in [1.165, 1.54) is 6.20 Å². The Kier molecular flexibility index (Phi) is 2.16. The summed E-state index contributed by atoms with van der Waals surface area (Å²) in [6.45, 7) is 1.21. The van der Waals surface area contributed by atoms with Crippen molar-refractivity contribution >= 4 is 17.6 Å². The molecule has 1 atom stereocenters. The van der Waals surface area contributed by atoms with E-state index in [2.05, 4.69) is 5.10 Å². The molecule has 2 aliphatic heterocycles. The van der Waals surface area contributed by atoms with Crippen molar-refractivity contribution in [3.63, 3.8) is 0 Å². The third-order valence-electron chi connectivity index (χ3n) is 3.38. The molecule has 0 radical (unpaired) electrons. The highest BCUT2D eigenvalue weighted by molar-refractivity contribution is 5.92. The zero-order valence-corrected chi connectivity index (χ0v) is 9.91. The maximum absolute atomic E-state index is 11.8. The van der Waals surface area contributed by atoms with Crippen LogP contribution in [0.4, 0.5) is 4.79 Å². The second kappa shape index (κ2) is 3.59. The average Bonchev–Trinajstić information content (AvgIpc) is 2.91. The fourth-order valence-electron chi connectivity index (χ4n) is 2.31. The number of carbonyl (C=O) groups is 2. The molecule has 18 heavy (non-hydrogen) atoms. The van der Waals surface area contributed by atoms with Crippen molar-refractivity contribution in [3.8, 4) is 0 Å². The van der Waals surface area contributed by atoms with Gasteiger partial charge in [-0.1, -0.05) is 0 Å². The summed E-state index contributed by atoms with van der Waals surface area (Å²) >= 11 is 0. The molecular weight excluding hydrogens is 234 g/mol. The molecule has 94 valence electrons. The molecule has 1 aromatic rings. The van der Waals surface area contributed by atoms with E-state index < -0.39 is 5.91 Å². The molecule has 1 fully saturated rings. The minimum atomic E-state index is -0.505. The molecule has 2 N–H and O–H groups in total. The maximum Gasteiger partial charge on any atom is 0.320 e. The lowest BCUT2D eigenvalue weighted by molar-refractivity contribution is 0.1000. The molecule has 0 aromatic carbocycles. The zero-order chi connectivity index (χ0) is 12.9. The van der Waals surface area contributed by atoms with E-state index in [1.54, 1.807) is 27.7 Å². The zero-order valence-electron chi connectivity index (χ0n) is 9.91. The van der Waals surface area contributed by atoms with Crippen LogP contribution in [0.3, 0.4) is 0 Å². The standard InChI is InChI=1S/C11H13N5O2/c1-14-8-2-9(6-15(5-8)11(14)18)16-4-7(3-13-16)10(12)17/h2-4,8H,5-6H2,1H3,(H2,12,17). The van der Waals surface area contributed by atoms with Crippen molar-refractivity contribution < 1.29 is 9.59 Å². The number of rotatable bonds is 2. The average molecular weight is 247 g/mol. The van der Waals surface area contributed by atoms with Gasteiger partial charge in [0.25, 0.3) is 5.91 Å². The predicted octanol–water partition coefficient (Wildman–Crippen LogP) is -0.427. The van der Waals surface area contributed by atoms with Gasteiger partial charge in [0.15, 0.2) is 0 Å². The van der Waals surface area contributed by atoms with Gasteiger partial charge in [-0.3, -0.25) is 4.79 Å². The van der Waals surface area contributed by atoms with Crippen molar-refractivity contribution in [2.45, 2.75) is 6.04 Å². The van der Waals surface area contributed by atoms with Crippen LogP contribution in [0.25, 0.3) is 5.70 Å². The number of urea groups is 1. The molecule has 1 aromatic heterocycles. The molecule has 0 aliphatic carbocycles. The summed E-state index contributed by atoms with van der Waals surface area (Å²) in [5.41, 5.74) is 6.43. The number of carbonyl (C=O) groups excluding carboxylic acids is 2. The highest BCUT2D eigenvalue weighted by Crippen LogP contribution is 2.24. The molecule has 3 heterocycles. The topological polar surface area (TPSA) is 84.5 Å². The Balaban J connectivity index is 1.92. The normalized spacial score (nSPS) is 22.4. The molecule has 2 bridgehead atoms. The van der Waals surface area contributed by atoms with Crippen LogP contribution in [-0.2, 0) is 0 Å². The molecule has 0 saturated carbocycles. The Bertz CT molecular complexity index is 562. The Hall–Kier alpha value is -2.31. The number of aromatic nitrogens is 2. The Morgan fingerprint density at radius 1 is 1.56 bits per heavy atom. The van der Waals surface area contributed by atoms with Gasteiger partial charge in [0.1, 0.15) is 0 Å². The van der Waals surface area contributed by atoms with Gasteiger partial charge in [0, 0.05) is 19.8 Å². The molecular formula is C11H13N5O2. The number of primary amides is 1. The Morgan fingerprint density at radius 3 is 2.94 bits per heavy atom. The Labute approximate surface area is 103 Å². The number of hydrogen-bond donors (Lipinski definition) is 1. The van der Waals surface area contributed by atoms with E-state index in [-0.39, 0.29) is 12.1 Å². The van der Waals surface area contributed by atoms with Gasteiger partial charge in [0.2, 0.25) is 0 Å². The number of fused-ring (bicyclic) bond motifs is 2. The predicted molar refractivity (Wildman–Crippen MR) is 63.5 cm³/mol. The molecule has 0 spiro atoms. The van der Waals surface area contributed by atoms with Gasteiger partial charge < -0.3 is 15.5 Å². The quantitative estimate of drug-likeness (QED) is 0.769. The van der Waals surface area contributed by atoms with Gasteiger partial charge in [-0.15, -0.1) is 0 Å². The van der Waals surface area contributed by atoms with Gasteiger partial charge in [-0.05, 0) is 6.08 Å². The molecule has 3 amide bonds. The summed E-state index contributed by atoms with van der Waals surface area (Å²) in [5.74, 6) is -0.505. The molecule has 3 rings (SSSR count). The summed E-state index contributed by atoms with van der Waals surface area (Å²) in [4.78, 5) is 26.3. The highest BCUT2D eigenvalue weighted by Gasteiger charge is 2.37. The molecule has 1 saturated heterocycles. The second-order valence-corrected chi connectivity index (χ2v) is 4.54. The van der Waals surface area contributed by atoms with Crippen LogP contribution in [0, 0.1) is 0 Å². The van der Waals surface area contributed by atoms with Crippen molar-refractivity contribution in [1.82, 2.24) is 19.6 Å². The fourth-order valence-corrected chi connectivity index (χ4v) is 2.31. The molecule has 7 heteroatoms. The van der Waals surface area contributed by atoms with Crippen molar-refractivity contribution in [2.24, 2.45) is 5.73 Å². The van der Waals surface area contributed by atoms with Crippen LogP contribution in [0.15, 0.2) is 18.5 Å². The first kappa shape index (κ1) is 10.8. The Morgan fingerprint density at radius 2 is 2.33 bits per heavy atom. The highest BCUT2D eigenvalue weighted by atomic mass is 16.2. The lowest BCUT2D eigenvalue weighted by atomic mass is 10.2. The van der Waals surface area contributed by atoms with Crippen LogP contribution in [0.2, 0.25) is 0 Å². The first-order valence-corrected chi connectivity index (χ1v) is 5.63. The smallest absolute Gasteiger partial charge is 0.320 e. The lowest BCUT2D eigenvalue weighted by Crippen LogP contribution is -2.31. The van der Waals surface area contributed by atoms with E-state index in [0.29, 0.717) is 18.7 Å². The minimum absolute atomic E-state index is 0.0218. The van der Waals surface area contributed by atoms with Crippen LogP contribution in [-0.4, -0.2) is 57.7 Å². The first-order chi connectivity index (χ1) is 8.56. The monoisotopic (exact) mass is 247 g/mol. The van der Waals surface area contributed by atoms with E-state index in [4.69, 9.17) is 5.73 Å². The maximum atomic E-state index is 11.8. The van der Waals surface area contributed by atoms with E-state index in [1.807, 2.05) is 6.08 Å². The van der Waals surface area contributed by atoms with Crippen molar-refractivity contribution in [1.29, 1.82) is 0 Å². The van der Waals surface area contributed by atoms with Crippen LogP contribution in [0.1, 0.15) is 10.4 Å². The molecule has 7 nitrogen and oxygen atoms in total. The fraction of sp³-hybridized carbons (Fsp3) is 0.364. The van der Waals surface area contributed by atoms with Crippen molar-refractivity contribution in [2.75, 3.05) is 20.1 Å². The lowest BCUT2D eigenvalue weighted by Gasteiger charge is -2.21. The number of hydrogen-bond acceptors (Lipinski definition) is 3. The van der Waals surface area contributed by atoms with Gasteiger partial charge in [-0.2, -0.15) is 5.10 Å².